The van der Waals surface area contributed by atoms with E-state index in [9.17, 15) is 17.6 Å². The van der Waals surface area contributed by atoms with E-state index in [2.05, 4.69) is 5.32 Å². The zero-order valence-electron chi connectivity index (χ0n) is 14.8. The van der Waals surface area contributed by atoms with Gasteiger partial charge in [-0.1, -0.05) is 12.1 Å². The molecule has 1 amide bonds. The van der Waals surface area contributed by atoms with Gasteiger partial charge in [-0.05, 0) is 48.9 Å². The van der Waals surface area contributed by atoms with Crippen molar-refractivity contribution in [1.29, 1.82) is 0 Å². The van der Waals surface area contributed by atoms with Crippen LogP contribution < -0.4 is 14.4 Å². The number of carbonyl (C=O) groups is 1. The van der Waals surface area contributed by atoms with E-state index in [1.54, 1.807) is 43.3 Å². The Morgan fingerprint density at radius 1 is 1.15 bits per heavy atom. The summed E-state index contributed by atoms with van der Waals surface area (Å²) in [5.74, 6) is -0.200. The predicted molar refractivity (Wildman–Crippen MR) is 98.0 cm³/mol. The van der Waals surface area contributed by atoms with Crippen LogP contribution in [0.1, 0.15) is 12.5 Å². The van der Waals surface area contributed by atoms with Crippen LogP contribution in [0.25, 0.3) is 0 Å². The van der Waals surface area contributed by atoms with Gasteiger partial charge in [0, 0.05) is 13.6 Å². The molecule has 26 heavy (non-hydrogen) atoms. The van der Waals surface area contributed by atoms with Crippen molar-refractivity contribution in [3.63, 3.8) is 0 Å². The molecule has 1 atom stereocenters. The van der Waals surface area contributed by atoms with E-state index in [1.165, 1.54) is 19.2 Å². The number of anilines is 1. The van der Waals surface area contributed by atoms with Crippen molar-refractivity contribution in [2.45, 2.75) is 19.6 Å². The van der Waals surface area contributed by atoms with Gasteiger partial charge in [-0.2, -0.15) is 0 Å². The lowest BCUT2D eigenvalue weighted by Crippen LogP contribution is -2.35. The molecule has 0 aliphatic rings. The van der Waals surface area contributed by atoms with Gasteiger partial charge in [-0.15, -0.1) is 0 Å². The predicted octanol–water partition coefficient (Wildman–Crippen LogP) is 2.31. The normalized spacial score (nSPS) is 12.3. The van der Waals surface area contributed by atoms with Crippen molar-refractivity contribution < 1.29 is 22.3 Å². The number of nitrogens with one attached hydrogen (secondary N) is 1. The molecule has 2 aromatic carbocycles. The van der Waals surface area contributed by atoms with E-state index < -0.39 is 16.1 Å². The Kier molecular flexibility index (Phi) is 6.20. The van der Waals surface area contributed by atoms with Crippen LogP contribution in [0.4, 0.5) is 10.1 Å². The standard InChI is InChI=1S/C18H21FN2O4S/c1-13(18(22)20-12-14-4-6-15(19)7-5-14)25-17-10-8-16(9-11-17)21(2)26(3,23)24/h4-11,13H,12H2,1-3H3,(H,20,22). The highest BCUT2D eigenvalue weighted by molar-refractivity contribution is 7.92. The molecule has 0 saturated heterocycles. The van der Waals surface area contributed by atoms with Gasteiger partial charge in [-0.25, -0.2) is 12.8 Å². The Hall–Kier alpha value is -2.61. The fourth-order valence-corrected chi connectivity index (χ4v) is 2.62. The summed E-state index contributed by atoms with van der Waals surface area (Å²) < 4.78 is 42.6. The summed E-state index contributed by atoms with van der Waals surface area (Å²) >= 11 is 0. The maximum Gasteiger partial charge on any atom is 0.261 e. The summed E-state index contributed by atoms with van der Waals surface area (Å²) in [5.41, 5.74) is 1.27. The number of hydrogen-bond donors (Lipinski definition) is 1. The lowest BCUT2D eigenvalue weighted by Gasteiger charge is -2.18. The molecule has 0 aromatic heterocycles. The molecule has 0 spiro atoms. The third-order valence-corrected chi connectivity index (χ3v) is 4.97. The zero-order chi connectivity index (χ0) is 19.3. The minimum Gasteiger partial charge on any atom is -0.481 e. The highest BCUT2D eigenvalue weighted by Gasteiger charge is 2.15. The second-order valence-electron chi connectivity index (χ2n) is 5.83. The van der Waals surface area contributed by atoms with Crippen LogP contribution in [0, 0.1) is 5.82 Å². The van der Waals surface area contributed by atoms with Crippen LogP contribution >= 0.6 is 0 Å². The fourth-order valence-electron chi connectivity index (χ4n) is 2.12. The monoisotopic (exact) mass is 380 g/mol. The minimum atomic E-state index is -3.34. The average Bonchev–Trinajstić information content (AvgIpc) is 2.60. The van der Waals surface area contributed by atoms with E-state index >= 15 is 0 Å². The van der Waals surface area contributed by atoms with Gasteiger partial charge in [-0.3, -0.25) is 9.10 Å². The van der Waals surface area contributed by atoms with E-state index in [1.807, 2.05) is 0 Å². The Morgan fingerprint density at radius 2 is 1.73 bits per heavy atom. The first-order valence-corrected chi connectivity index (χ1v) is 9.74. The summed E-state index contributed by atoms with van der Waals surface area (Å²) in [6.07, 6.45) is 0.374. The maximum atomic E-state index is 12.9. The van der Waals surface area contributed by atoms with Crippen molar-refractivity contribution in [3.8, 4) is 5.75 Å². The zero-order valence-corrected chi connectivity index (χ0v) is 15.6. The van der Waals surface area contributed by atoms with Crippen molar-refractivity contribution in [2.75, 3.05) is 17.6 Å². The molecule has 8 heteroatoms. The molecule has 140 valence electrons. The van der Waals surface area contributed by atoms with Crippen molar-refractivity contribution in [3.05, 3.63) is 59.9 Å². The molecule has 0 saturated carbocycles. The molecule has 2 aromatic rings. The molecule has 0 fully saturated rings. The van der Waals surface area contributed by atoms with Gasteiger partial charge in [0.15, 0.2) is 6.10 Å². The third-order valence-electron chi connectivity index (χ3n) is 3.76. The van der Waals surface area contributed by atoms with Crippen molar-refractivity contribution in [1.82, 2.24) is 5.32 Å². The Morgan fingerprint density at radius 3 is 2.27 bits per heavy atom. The molecule has 0 bridgehead atoms. The fraction of sp³-hybridized carbons (Fsp3) is 0.278. The molecular weight excluding hydrogens is 359 g/mol. The average molecular weight is 380 g/mol. The van der Waals surface area contributed by atoms with E-state index in [-0.39, 0.29) is 18.3 Å². The second-order valence-corrected chi connectivity index (χ2v) is 7.84. The van der Waals surface area contributed by atoms with Gasteiger partial charge in [0.2, 0.25) is 10.0 Å². The third kappa shape index (κ3) is 5.45. The summed E-state index contributed by atoms with van der Waals surface area (Å²) in [6.45, 7) is 1.88. The number of halogens is 1. The molecule has 1 N–H and O–H groups in total. The number of benzene rings is 2. The highest BCUT2D eigenvalue weighted by Crippen LogP contribution is 2.21. The van der Waals surface area contributed by atoms with E-state index in [4.69, 9.17) is 4.74 Å². The van der Waals surface area contributed by atoms with Crippen molar-refractivity contribution in [2.24, 2.45) is 0 Å². The summed E-state index contributed by atoms with van der Waals surface area (Å²) in [6, 6.07) is 12.2. The van der Waals surface area contributed by atoms with Gasteiger partial charge in [0.25, 0.3) is 5.91 Å². The first kappa shape index (κ1) is 19.7. The second kappa shape index (κ2) is 8.18. The Labute approximate surface area is 152 Å². The van der Waals surface area contributed by atoms with Gasteiger partial charge in [0.1, 0.15) is 11.6 Å². The minimum absolute atomic E-state index is 0.269. The molecule has 0 aliphatic carbocycles. The van der Waals surface area contributed by atoms with Gasteiger partial charge < -0.3 is 10.1 Å². The van der Waals surface area contributed by atoms with E-state index in [0.717, 1.165) is 16.1 Å². The van der Waals surface area contributed by atoms with Crippen LogP contribution in [0.15, 0.2) is 48.5 Å². The molecule has 0 aliphatic heterocycles. The SMILES string of the molecule is CC(Oc1ccc(N(C)S(C)(=O)=O)cc1)C(=O)NCc1ccc(F)cc1. The molecule has 1 unspecified atom stereocenters. The summed E-state index contributed by atoms with van der Waals surface area (Å²) in [7, 11) is -1.88. The number of nitrogens with zero attached hydrogens (tertiary/aromatic N) is 1. The first-order valence-electron chi connectivity index (χ1n) is 7.89. The van der Waals surface area contributed by atoms with Crippen molar-refractivity contribution >= 4 is 21.6 Å². The number of sulfonamides is 1. The molecule has 0 radical (unpaired) electrons. The van der Waals surface area contributed by atoms with Gasteiger partial charge in [0.05, 0.1) is 11.9 Å². The first-order chi connectivity index (χ1) is 12.2. The van der Waals surface area contributed by atoms with Crippen LogP contribution in [0.3, 0.4) is 0 Å². The van der Waals surface area contributed by atoms with E-state index in [0.29, 0.717) is 11.4 Å². The number of amides is 1. The maximum absolute atomic E-state index is 12.9. The smallest absolute Gasteiger partial charge is 0.261 e. The Bertz CT molecular complexity index is 852. The lowest BCUT2D eigenvalue weighted by atomic mass is 10.2. The summed E-state index contributed by atoms with van der Waals surface area (Å²) in [4.78, 5) is 12.1. The molecular formula is C18H21FN2O4S. The van der Waals surface area contributed by atoms with Crippen LogP contribution in [-0.2, 0) is 21.4 Å². The van der Waals surface area contributed by atoms with Crippen LogP contribution in [0.5, 0.6) is 5.75 Å². The van der Waals surface area contributed by atoms with Crippen LogP contribution in [-0.4, -0.2) is 33.7 Å². The summed E-state index contributed by atoms with van der Waals surface area (Å²) in [5, 5.41) is 2.71. The number of rotatable bonds is 7. The largest absolute Gasteiger partial charge is 0.481 e. The molecule has 2 rings (SSSR count). The number of ether oxygens (including phenoxy) is 1. The highest BCUT2D eigenvalue weighted by atomic mass is 32.2. The molecule has 0 heterocycles. The number of carbonyl (C=O) groups excluding carboxylic acids is 1. The Balaban J connectivity index is 1.91. The topological polar surface area (TPSA) is 75.7 Å². The molecule has 6 nitrogen and oxygen atoms in total. The quantitative estimate of drug-likeness (QED) is 0.800. The van der Waals surface area contributed by atoms with Gasteiger partial charge >= 0.3 is 0 Å². The van der Waals surface area contributed by atoms with Crippen LogP contribution in [0.2, 0.25) is 0 Å². The number of hydrogen-bond acceptors (Lipinski definition) is 4. The lowest BCUT2D eigenvalue weighted by molar-refractivity contribution is -0.127.